The van der Waals surface area contributed by atoms with Gasteiger partial charge in [-0.25, -0.2) is 4.79 Å². The zero-order valence-corrected chi connectivity index (χ0v) is 12.2. The van der Waals surface area contributed by atoms with E-state index in [9.17, 15) is 4.79 Å². The molecule has 1 aliphatic rings. The highest BCUT2D eigenvalue weighted by Crippen LogP contribution is 2.30. The number of nitrogens with two attached hydrogens (primary N) is 1. The van der Waals surface area contributed by atoms with E-state index in [1.54, 1.807) is 0 Å². The van der Waals surface area contributed by atoms with E-state index in [1.165, 1.54) is 12.8 Å². The van der Waals surface area contributed by atoms with Crippen molar-refractivity contribution >= 4 is 6.09 Å². The summed E-state index contributed by atoms with van der Waals surface area (Å²) in [5, 5.41) is 2.93. The lowest BCUT2D eigenvalue weighted by molar-refractivity contribution is 0.0474. The Kier molecular flexibility index (Phi) is 5.45. The van der Waals surface area contributed by atoms with Gasteiger partial charge in [-0.1, -0.05) is 19.8 Å². The van der Waals surface area contributed by atoms with Crippen LogP contribution in [0.5, 0.6) is 0 Å². The SMILES string of the molecule is CC1CCCC(C(CN)NC(=O)OC(C)(C)C)C1. The molecule has 3 unspecified atom stereocenters. The molecule has 1 fully saturated rings. The summed E-state index contributed by atoms with van der Waals surface area (Å²) in [5.41, 5.74) is 5.34. The van der Waals surface area contributed by atoms with Gasteiger partial charge in [0.1, 0.15) is 5.60 Å². The Balaban J connectivity index is 2.48. The fraction of sp³-hybridized carbons (Fsp3) is 0.929. The van der Waals surface area contributed by atoms with Crippen LogP contribution in [-0.4, -0.2) is 24.3 Å². The number of hydrogen-bond donors (Lipinski definition) is 2. The number of nitrogens with one attached hydrogen (secondary N) is 1. The molecule has 0 saturated heterocycles. The molecule has 0 radical (unpaired) electrons. The van der Waals surface area contributed by atoms with Gasteiger partial charge in [0.15, 0.2) is 0 Å². The fourth-order valence-electron chi connectivity index (χ4n) is 2.67. The van der Waals surface area contributed by atoms with Gasteiger partial charge in [0.05, 0.1) is 0 Å². The maximum atomic E-state index is 11.8. The number of amides is 1. The fourth-order valence-corrected chi connectivity index (χ4v) is 2.67. The van der Waals surface area contributed by atoms with Crippen LogP contribution in [0.1, 0.15) is 53.4 Å². The maximum absolute atomic E-state index is 11.8. The van der Waals surface area contributed by atoms with Gasteiger partial charge >= 0.3 is 6.09 Å². The lowest BCUT2D eigenvalue weighted by Crippen LogP contribution is -2.48. The Hall–Kier alpha value is -0.770. The van der Waals surface area contributed by atoms with E-state index in [-0.39, 0.29) is 12.1 Å². The summed E-state index contributed by atoms with van der Waals surface area (Å²) in [5.74, 6) is 1.23. The Labute approximate surface area is 111 Å². The first-order valence-corrected chi connectivity index (χ1v) is 7.01. The third-order valence-corrected chi connectivity index (χ3v) is 3.50. The summed E-state index contributed by atoms with van der Waals surface area (Å²) in [6.07, 6.45) is 4.48. The molecule has 1 saturated carbocycles. The van der Waals surface area contributed by atoms with Gasteiger partial charge in [-0.3, -0.25) is 0 Å². The number of carbonyl (C=O) groups excluding carboxylic acids is 1. The van der Waals surface area contributed by atoms with Gasteiger partial charge in [0, 0.05) is 12.6 Å². The van der Waals surface area contributed by atoms with E-state index in [0.29, 0.717) is 12.5 Å². The van der Waals surface area contributed by atoms with Gasteiger partial charge in [-0.05, 0) is 45.4 Å². The zero-order chi connectivity index (χ0) is 13.8. The zero-order valence-electron chi connectivity index (χ0n) is 12.2. The van der Waals surface area contributed by atoms with E-state index < -0.39 is 5.60 Å². The highest BCUT2D eigenvalue weighted by molar-refractivity contribution is 5.68. The molecule has 0 aromatic heterocycles. The van der Waals surface area contributed by atoms with Crippen molar-refractivity contribution in [3.8, 4) is 0 Å². The van der Waals surface area contributed by atoms with Crippen LogP contribution in [0, 0.1) is 11.8 Å². The van der Waals surface area contributed by atoms with E-state index >= 15 is 0 Å². The normalized spacial score (nSPS) is 26.5. The van der Waals surface area contributed by atoms with Gasteiger partial charge < -0.3 is 15.8 Å². The second-order valence-electron chi connectivity index (χ2n) is 6.52. The minimum absolute atomic E-state index is 0.0441. The molecule has 1 amide bonds. The molecule has 0 spiro atoms. The highest BCUT2D eigenvalue weighted by atomic mass is 16.6. The summed E-state index contributed by atoms with van der Waals surface area (Å²) in [6.45, 7) is 8.36. The van der Waals surface area contributed by atoms with Crippen molar-refractivity contribution in [1.29, 1.82) is 0 Å². The summed E-state index contributed by atoms with van der Waals surface area (Å²) in [6, 6.07) is 0.0441. The lowest BCUT2D eigenvalue weighted by Gasteiger charge is -2.33. The van der Waals surface area contributed by atoms with Gasteiger partial charge in [0.25, 0.3) is 0 Å². The van der Waals surface area contributed by atoms with Crippen LogP contribution in [0.15, 0.2) is 0 Å². The minimum atomic E-state index is -0.455. The van der Waals surface area contributed by atoms with E-state index in [2.05, 4.69) is 12.2 Å². The van der Waals surface area contributed by atoms with Crippen molar-refractivity contribution in [1.82, 2.24) is 5.32 Å². The van der Waals surface area contributed by atoms with Crippen LogP contribution in [0.4, 0.5) is 4.79 Å². The van der Waals surface area contributed by atoms with Gasteiger partial charge in [-0.15, -0.1) is 0 Å². The van der Waals surface area contributed by atoms with Crippen LogP contribution in [0.3, 0.4) is 0 Å². The number of ether oxygens (including phenoxy) is 1. The average Bonchev–Trinajstić information content (AvgIpc) is 2.23. The molecular formula is C14H28N2O2. The molecule has 0 aliphatic heterocycles. The lowest BCUT2D eigenvalue weighted by atomic mass is 9.78. The summed E-state index contributed by atoms with van der Waals surface area (Å²) < 4.78 is 5.28. The summed E-state index contributed by atoms with van der Waals surface area (Å²) in [7, 11) is 0. The molecule has 0 aromatic rings. The highest BCUT2D eigenvalue weighted by Gasteiger charge is 2.28. The van der Waals surface area contributed by atoms with Crippen molar-refractivity contribution in [2.75, 3.05) is 6.54 Å². The Bertz CT molecular complexity index is 273. The van der Waals surface area contributed by atoms with Crippen LogP contribution in [-0.2, 0) is 4.74 Å². The summed E-state index contributed by atoms with van der Waals surface area (Å²) in [4.78, 5) is 11.8. The molecule has 0 heterocycles. The molecule has 1 aliphatic carbocycles. The van der Waals surface area contributed by atoms with Crippen molar-refractivity contribution < 1.29 is 9.53 Å². The molecule has 3 N–H and O–H groups in total. The van der Waals surface area contributed by atoms with Crippen LogP contribution >= 0.6 is 0 Å². The molecule has 3 atom stereocenters. The predicted molar refractivity (Wildman–Crippen MR) is 73.3 cm³/mol. The van der Waals surface area contributed by atoms with Crippen molar-refractivity contribution in [2.45, 2.75) is 65.0 Å². The Morgan fingerprint density at radius 1 is 1.44 bits per heavy atom. The largest absolute Gasteiger partial charge is 0.444 e. The molecule has 0 aromatic carbocycles. The van der Waals surface area contributed by atoms with E-state index in [0.717, 1.165) is 18.8 Å². The van der Waals surface area contributed by atoms with Crippen LogP contribution in [0.2, 0.25) is 0 Å². The molecule has 4 heteroatoms. The molecule has 1 rings (SSSR count). The Morgan fingerprint density at radius 3 is 2.61 bits per heavy atom. The number of hydrogen-bond acceptors (Lipinski definition) is 3. The molecule has 0 bridgehead atoms. The third kappa shape index (κ3) is 5.25. The minimum Gasteiger partial charge on any atom is -0.444 e. The molecular weight excluding hydrogens is 228 g/mol. The van der Waals surface area contributed by atoms with Crippen molar-refractivity contribution in [3.63, 3.8) is 0 Å². The number of alkyl carbamates (subject to hydrolysis) is 1. The quantitative estimate of drug-likeness (QED) is 0.816. The maximum Gasteiger partial charge on any atom is 0.407 e. The topological polar surface area (TPSA) is 64.3 Å². The average molecular weight is 256 g/mol. The monoisotopic (exact) mass is 256 g/mol. The molecule has 18 heavy (non-hydrogen) atoms. The second-order valence-corrected chi connectivity index (χ2v) is 6.52. The molecule has 4 nitrogen and oxygen atoms in total. The first-order valence-electron chi connectivity index (χ1n) is 7.01. The predicted octanol–water partition coefficient (Wildman–Crippen LogP) is 2.66. The van der Waals surface area contributed by atoms with Crippen molar-refractivity contribution in [3.05, 3.63) is 0 Å². The number of carbonyl (C=O) groups is 1. The van der Waals surface area contributed by atoms with Crippen LogP contribution < -0.4 is 11.1 Å². The number of rotatable bonds is 3. The van der Waals surface area contributed by atoms with E-state index in [4.69, 9.17) is 10.5 Å². The Morgan fingerprint density at radius 2 is 2.11 bits per heavy atom. The summed E-state index contributed by atoms with van der Waals surface area (Å²) >= 11 is 0. The van der Waals surface area contributed by atoms with E-state index in [1.807, 2.05) is 20.8 Å². The smallest absolute Gasteiger partial charge is 0.407 e. The van der Waals surface area contributed by atoms with Crippen LogP contribution in [0.25, 0.3) is 0 Å². The van der Waals surface area contributed by atoms with Gasteiger partial charge in [0.2, 0.25) is 0 Å². The molecule has 106 valence electrons. The first-order chi connectivity index (χ1) is 8.31. The third-order valence-electron chi connectivity index (χ3n) is 3.50. The van der Waals surface area contributed by atoms with Crippen molar-refractivity contribution in [2.24, 2.45) is 17.6 Å². The first kappa shape index (κ1) is 15.3. The standard InChI is InChI=1S/C14H28N2O2/c1-10-6-5-7-11(8-10)12(9-15)16-13(17)18-14(2,3)4/h10-12H,5-9,15H2,1-4H3,(H,16,17). The second kappa shape index (κ2) is 6.41. The van der Waals surface area contributed by atoms with Gasteiger partial charge in [-0.2, -0.15) is 0 Å².